The van der Waals surface area contributed by atoms with E-state index in [1.807, 2.05) is 13.8 Å². The lowest BCUT2D eigenvalue weighted by Gasteiger charge is -2.38. The molecule has 0 unspecified atom stereocenters. The van der Waals surface area contributed by atoms with E-state index in [0.717, 1.165) is 19.3 Å². The molecule has 2 atom stereocenters. The van der Waals surface area contributed by atoms with Crippen molar-refractivity contribution in [2.45, 2.75) is 45.2 Å². The van der Waals surface area contributed by atoms with Crippen molar-refractivity contribution < 1.29 is 9.59 Å². The summed E-state index contributed by atoms with van der Waals surface area (Å²) in [6.07, 6.45) is 7.34. The van der Waals surface area contributed by atoms with Crippen molar-refractivity contribution in [2.75, 3.05) is 13.1 Å². The fourth-order valence-electron chi connectivity index (χ4n) is 2.75. The maximum absolute atomic E-state index is 12.3. The summed E-state index contributed by atoms with van der Waals surface area (Å²) in [6, 6.07) is -0.370. The largest absolute Gasteiger partial charge is 0.353 e. The van der Waals surface area contributed by atoms with E-state index in [2.05, 4.69) is 22.8 Å². The Balaban J connectivity index is 2.01. The summed E-state index contributed by atoms with van der Waals surface area (Å²) in [5.74, 6) is 0.0727. The van der Waals surface area contributed by atoms with Gasteiger partial charge in [0.25, 0.3) is 0 Å². The lowest BCUT2D eigenvalue weighted by atomic mass is 9.99. The minimum Gasteiger partial charge on any atom is -0.353 e. The number of urea groups is 1. The molecule has 1 saturated heterocycles. The first-order chi connectivity index (χ1) is 9.09. The molecule has 0 aromatic rings. The van der Waals surface area contributed by atoms with Crippen LogP contribution >= 0.6 is 0 Å². The van der Waals surface area contributed by atoms with Gasteiger partial charge in [0.15, 0.2) is 0 Å². The summed E-state index contributed by atoms with van der Waals surface area (Å²) >= 11 is 0. The second-order valence-electron chi connectivity index (χ2n) is 5.59. The number of amides is 3. The molecule has 0 radical (unpaired) electrons. The van der Waals surface area contributed by atoms with Crippen LogP contribution in [0.4, 0.5) is 4.79 Å². The first-order valence-corrected chi connectivity index (χ1v) is 7.11. The van der Waals surface area contributed by atoms with Gasteiger partial charge in [0.05, 0.1) is 0 Å². The van der Waals surface area contributed by atoms with Crippen LogP contribution in [0.5, 0.6) is 0 Å². The predicted molar refractivity (Wildman–Crippen MR) is 73.7 cm³/mol. The highest BCUT2D eigenvalue weighted by Crippen LogP contribution is 2.16. The number of allylic oxidation sites excluding steroid dienone is 1. The zero-order valence-corrected chi connectivity index (χ0v) is 11.7. The third kappa shape index (κ3) is 3.28. The Morgan fingerprint density at radius 1 is 1.53 bits per heavy atom. The SMILES string of the molecule is CC(C)[C@H]1C(=O)NCCN1C(=O)N[C@H]1C=CCCC1. The van der Waals surface area contributed by atoms with Crippen LogP contribution in [0, 0.1) is 5.92 Å². The van der Waals surface area contributed by atoms with Crippen molar-refractivity contribution in [1.82, 2.24) is 15.5 Å². The van der Waals surface area contributed by atoms with Gasteiger partial charge in [-0.3, -0.25) is 4.79 Å². The summed E-state index contributed by atoms with van der Waals surface area (Å²) in [5.41, 5.74) is 0. The van der Waals surface area contributed by atoms with Crippen LogP contribution in [0.2, 0.25) is 0 Å². The predicted octanol–water partition coefficient (Wildman–Crippen LogP) is 1.26. The number of rotatable bonds is 2. The van der Waals surface area contributed by atoms with E-state index in [4.69, 9.17) is 0 Å². The van der Waals surface area contributed by atoms with E-state index < -0.39 is 0 Å². The summed E-state index contributed by atoms with van der Waals surface area (Å²) in [5, 5.41) is 5.84. The molecule has 2 N–H and O–H groups in total. The summed E-state index contributed by atoms with van der Waals surface area (Å²) in [7, 11) is 0. The number of carbonyl (C=O) groups excluding carboxylic acids is 2. The molecule has 2 rings (SSSR count). The Bertz CT molecular complexity index is 379. The van der Waals surface area contributed by atoms with E-state index in [1.165, 1.54) is 0 Å². The number of carbonyl (C=O) groups is 2. The first kappa shape index (κ1) is 13.9. The Labute approximate surface area is 114 Å². The van der Waals surface area contributed by atoms with E-state index in [0.29, 0.717) is 13.1 Å². The van der Waals surface area contributed by atoms with Gasteiger partial charge in [-0.1, -0.05) is 26.0 Å². The van der Waals surface area contributed by atoms with Gasteiger partial charge >= 0.3 is 6.03 Å². The minimum atomic E-state index is -0.360. The maximum Gasteiger partial charge on any atom is 0.318 e. The second kappa shape index (κ2) is 6.08. The normalized spacial score (nSPS) is 27.3. The van der Waals surface area contributed by atoms with Crippen LogP contribution in [0.3, 0.4) is 0 Å². The van der Waals surface area contributed by atoms with E-state index in [9.17, 15) is 9.59 Å². The van der Waals surface area contributed by atoms with Crippen LogP contribution in [0.1, 0.15) is 33.1 Å². The average molecular weight is 265 g/mol. The molecule has 106 valence electrons. The van der Waals surface area contributed by atoms with Crippen molar-refractivity contribution in [1.29, 1.82) is 0 Å². The Hall–Kier alpha value is -1.52. The van der Waals surface area contributed by atoms with Crippen molar-refractivity contribution >= 4 is 11.9 Å². The van der Waals surface area contributed by atoms with Crippen LogP contribution in [-0.4, -0.2) is 42.0 Å². The number of hydrogen-bond donors (Lipinski definition) is 2. The molecule has 2 aliphatic rings. The molecule has 1 aliphatic heterocycles. The van der Waals surface area contributed by atoms with Gasteiger partial charge in [-0.15, -0.1) is 0 Å². The molecule has 19 heavy (non-hydrogen) atoms. The molecular weight excluding hydrogens is 242 g/mol. The Morgan fingerprint density at radius 2 is 2.32 bits per heavy atom. The van der Waals surface area contributed by atoms with E-state index >= 15 is 0 Å². The lowest BCUT2D eigenvalue weighted by molar-refractivity contribution is -0.129. The van der Waals surface area contributed by atoms with Crippen molar-refractivity contribution in [3.8, 4) is 0 Å². The van der Waals surface area contributed by atoms with Gasteiger partial charge in [-0.05, 0) is 25.2 Å². The molecule has 3 amide bonds. The molecule has 5 heteroatoms. The Morgan fingerprint density at radius 3 is 2.95 bits per heavy atom. The van der Waals surface area contributed by atoms with Gasteiger partial charge in [0, 0.05) is 19.1 Å². The topological polar surface area (TPSA) is 61.4 Å². The highest BCUT2D eigenvalue weighted by molar-refractivity contribution is 5.88. The molecule has 0 aromatic heterocycles. The van der Waals surface area contributed by atoms with Crippen molar-refractivity contribution in [2.24, 2.45) is 5.92 Å². The van der Waals surface area contributed by atoms with Crippen molar-refractivity contribution in [3.05, 3.63) is 12.2 Å². The van der Waals surface area contributed by atoms with Crippen LogP contribution < -0.4 is 10.6 Å². The van der Waals surface area contributed by atoms with Crippen LogP contribution in [0.15, 0.2) is 12.2 Å². The van der Waals surface area contributed by atoms with Crippen molar-refractivity contribution in [3.63, 3.8) is 0 Å². The smallest absolute Gasteiger partial charge is 0.318 e. The number of hydrogen-bond acceptors (Lipinski definition) is 2. The number of nitrogens with one attached hydrogen (secondary N) is 2. The average Bonchev–Trinajstić information content (AvgIpc) is 2.39. The molecule has 0 aromatic carbocycles. The summed E-state index contributed by atoms with van der Waals surface area (Å²) in [4.78, 5) is 25.9. The molecule has 1 aliphatic carbocycles. The van der Waals surface area contributed by atoms with Gasteiger partial charge in [0.1, 0.15) is 6.04 Å². The highest BCUT2D eigenvalue weighted by atomic mass is 16.2. The van der Waals surface area contributed by atoms with E-state index in [-0.39, 0.29) is 29.9 Å². The van der Waals surface area contributed by atoms with Gasteiger partial charge < -0.3 is 15.5 Å². The third-order valence-electron chi connectivity index (χ3n) is 3.71. The molecule has 1 heterocycles. The third-order valence-corrected chi connectivity index (χ3v) is 3.71. The number of piperazine rings is 1. The molecule has 5 nitrogen and oxygen atoms in total. The summed E-state index contributed by atoms with van der Waals surface area (Å²) in [6.45, 7) is 5.06. The van der Waals surface area contributed by atoms with E-state index in [1.54, 1.807) is 4.90 Å². The van der Waals surface area contributed by atoms with Gasteiger partial charge in [-0.2, -0.15) is 0 Å². The zero-order chi connectivity index (χ0) is 13.8. The zero-order valence-electron chi connectivity index (χ0n) is 11.7. The summed E-state index contributed by atoms with van der Waals surface area (Å²) < 4.78 is 0. The monoisotopic (exact) mass is 265 g/mol. The molecule has 0 bridgehead atoms. The minimum absolute atomic E-state index is 0.0458. The van der Waals surface area contributed by atoms with Crippen LogP contribution in [-0.2, 0) is 4.79 Å². The fraction of sp³-hybridized carbons (Fsp3) is 0.714. The Kier molecular flexibility index (Phi) is 4.45. The number of nitrogens with zero attached hydrogens (tertiary/aromatic N) is 1. The standard InChI is InChI=1S/C14H23N3O2/c1-10(2)12-13(18)15-8-9-17(12)14(19)16-11-6-4-3-5-7-11/h4,6,10-12H,3,5,7-9H2,1-2H3,(H,15,18)(H,16,19)/t11-,12-/m0/s1. The quantitative estimate of drug-likeness (QED) is 0.738. The molecule has 0 saturated carbocycles. The lowest BCUT2D eigenvalue weighted by Crippen LogP contribution is -2.61. The fourth-order valence-corrected chi connectivity index (χ4v) is 2.75. The first-order valence-electron chi connectivity index (χ1n) is 7.11. The molecule has 0 spiro atoms. The highest BCUT2D eigenvalue weighted by Gasteiger charge is 2.35. The maximum atomic E-state index is 12.3. The van der Waals surface area contributed by atoms with Crippen LogP contribution in [0.25, 0.3) is 0 Å². The van der Waals surface area contributed by atoms with Gasteiger partial charge in [-0.25, -0.2) is 4.79 Å². The molecular formula is C14H23N3O2. The second-order valence-corrected chi connectivity index (χ2v) is 5.59. The van der Waals surface area contributed by atoms with Gasteiger partial charge in [0.2, 0.25) is 5.91 Å². The molecule has 1 fully saturated rings.